The average Bonchev–Trinajstić information content (AvgIpc) is 2.52. The van der Waals surface area contributed by atoms with Gasteiger partial charge in [0.25, 0.3) is 11.6 Å². The molecule has 1 aliphatic carbocycles. The maximum absolute atomic E-state index is 12.4. The van der Waals surface area contributed by atoms with Gasteiger partial charge in [0, 0.05) is 30.3 Å². The van der Waals surface area contributed by atoms with Crippen molar-refractivity contribution in [3.63, 3.8) is 0 Å². The minimum absolute atomic E-state index is 0. The third kappa shape index (κ3) is 5.18. The molecule has 6 nitrogen and oxygen atoms in total. The summed E-state index contributed by atoms with van der Waals surface area (Å²) in [7, 11) is 0. The van der Waals surface area contributed by atoms with E-state index in [0.29, 0.717) is 23.6 Å². The molecule has 0 bridgehead atoms. The van der Waals surface area contributed by atoms with E-state index in [9.17, 15) is 14.9 Å². The lowest BCUT2D eigenvalue weighted by Gasteiger charge is -2.30. The SMILES string of the molecule is Cc1cc(C(=O)NC(CN)C2CCCCC2)cc([N+](=O)[O-])c1.Cl. The quantitative estimate of drug-likeness (QED) is 0.635. The Morgan fingerprint density at radius 2 is 2.00 bits per heavy atom. The zero-order valence-electron chi connectivity index (χ0n) is 13.3. The first-order valence-corrected chi connectivity index (χ1v) is 7.78. The number of aryl methyl sites for hydroxylation is 1. The van der Waals surface area contributed by atoms with E-state index in [2.05, 4.69) is 5.32 Å². The number of nitrogens with two attached hydrogens (primary N) is 1. The van der Waals surface area contributed by atoms with Gasteiger partial charge in [-0.05, 0) is 37.3 Å². The molecule has 1 atom stereocenters. The fraction of sp³-hybridized carbons (Fsp3) is 0.562. The number of nitrogens with zero attached hydrogens (tertiary/aromatic N) is 1. The van der Waals surface area contributed by atoms with Crippen LogP contribution in [0, 0.1) is 23.0 Å². The summed E-state index contributed by atoms with van der Waals surface area (Å²) in [6.45, 7) is 2.13. The Morgan fingerprint density at radius 3 is 2.57 bits per heavy atom. The lowest BCUT2D eigenvalue weighted by Crippen LogP contribution is -2.45. The number of non-ortho nitro benzene ring substituents is 1. The third-order valence-electron chi connectivity index (χ3n) is 4.32. The Hall–Kier alpha value is -1.66. The van der Waals surface area contributed by atoms with Crippen molar-refractivity contribution in [1.82, 2.24) is 5.32 Å². The highest BCUT2D eigenvalue weighted by Crippen LogP contribution is 2.26. The number of benzene rings is 1. The Labute approximate surface area is 142 Å². The highest BCUT2D eigenvalue weighted by Gasteiger charge is 2.25. The second kappa shape index (κ2) is 8.84. The average molecular weight is 342 g/mol. The summed E-state index contributed by atoms with van der Waals surface area (Å²) >= 11 is 0. The van der Waals surface area contributed by atoms with Gasteiger partial charge in [-0.1, -0.05) is 19.3 Å². The first-order valence-electron chi connectivity index (χ1n) is 7.78. The van der Waals surface area contributed by atoms with Crippen LogP contribution in [0.1, 0.15) is 48.0 Å². The molecule has 7 heteroatoms. The van der Waals surface area contributed by atoms with E-state index in [1.54, 1.807) is 13.0 Å². The van der Waals surface area contributed by atoms with Crippen molar-refractivity contribution in [2.24, 2.45) is 11.7 Å². The molecule has 0 saturated heterocycles. The molecule has 0 spiro atoms. The summed E-state index contributed by atoms with van der Waals surface area (Å²) in [4.78, 5) is 22.8. The second-order valence-corrected chi connectivity index (χ2v) is 6.03. The number of rotatable bonds is 5. The number of hydrogen-bond donors (Lipinski definition) is 2. The van der Waals surface area contributed by atoms with Gasteiger partial charge >= 0.3 is 0 Å². The van der Waals surface area contributed by atoms with Crippen molar-refractivity contribution in [1.29, 1.82) is 0 Å². The van der Waals surface area contributed by atoms with E-state index < -0.39 is 4.92 Å². The van der Waals surface area contributed by atoms with Crippen molar-refractivity contribution in [2.45, 2.75) is 45.1 Å². The molecule has 1 fully saturated rings. The molecular weight excluding hydrogens is 318 g/mol. The normalized spacial score (nSPS) is 16.3. The molecule has 128 valence electrons. The molecule has 0 heterocycles. The molecule has 1 unspecified atom stereocenters. The van der Waals surface area contributed by atoms with Gasteiger partial charge in [-0.25, -0.2) is 0 Å². The van der Waals surface area contributed by atoms with Crippen LogP contribution < -0.4 is 11.1 Å². The third-order valence-corrected chi connectivity index (χ3v) is 4.32. The van der Waals surface area contributed by atoms with Crippen molar-refractivity contribution in [2.75, 3.05) is 6.54 Å². The topological polar surface area (TPSA) is 98.3 Å². The number of nitro benzene ring substituents is 1. The first-order chi connectivity index (χ1) is 10.5. The van der Waals surface area contributed by atoms with Gasteiger partial charge in [-0.3, -0.25) is 14.9 Å². The van der Waals surface area contributed by atoms with Crippen LogP contribution in [0.4, 0.5) is 5.69 Å². The van der Waals surface area contributed by atoms with Crippen molar-refractivity contribution in [3.05, 3.63) is 39.4 Å². The minimum atomic E-state index is -0.481. The number of carbonyl (C=O) groups is 1. The van der Waals surface area contributed by atoms with Gasteiger partial charge in [0.15, 0.2) is 0 Å². The van der Waals surface area contributed by atoms with E-state index >= 15 is 0 Å². The number of hydrogen-bond acceptors (Lipinski definition) is 4. The van der Waals surface area contributed by atoms with E-state index in [4.69, 9.17) is 5.73 Å². The van der Waals surface area contributed by atoms with Gasteiger partial charge in [0.2, 0.25) is 0 Å². The molecule has 3 N–H and O–H groups in total. The zero-order chi connectivity index (χ0) is 16.1. The molecule has 1 amide bonds. The predicted molar refractivity (Wildman–Crippen MR) is 92.0 cm³/mol. The van der Waals surface area contributed by atoms with Crippen molar-refractivity contribution >= 4 is 24.0 Å². The van der Waals surface area contributed by atoms with Crippen molar-refractivity contribution < 1.29 is 9.72 Å². The van der Waals surface area contributed by atoms with Gasteiger partial charge in [-0.2, -0.15) is 0 Å². The van der Waals surface area contributed by atoms with Crippen LogP contribution in [0.3, 0.4) is 0 Å². The lowest BCUT2D eigenvalue weighted by molar-refractivity contribution is -0.384. The number of amides is 1. The molecule has 23 heavy (non-hydrogen) atoms. The first kappa shape index (κ1) is 19.4. The summed E-state index contributed by atoms with van der Waals surface area (Å²) in [5, 5.41) is 13.9. The van der Waals surface area contributed by atoms with Crippen LogP contribution in [-0.4, -0.2) is 23.4 Å². The molecule has 2 rings (SSSR count). The fourth-order valence-corrected chi connectivity index (χ4v) is 3.16. The highest BCUT2D eigenvalue weighted by molar-refractivity contribution is 5.95. The summed E-state index contributed by atoms with van der Waals surface area (Å²) in [6, 6.07) is 4.37. The van der Waals surface area contributed by atoms with Crippen LogP contribution >= 0.6 is 12.4 Å². The summed E-state index contributed by atoms with van der Waals surface area (Å²) < 4.78 is 0. The molecule has 1 aromatic rings. The van der Waals surface area contributed by atoms with Gasteiger partial charge < -0.3 is 11.1 Å². The summed E-state index contributed by atoms with van der Waals surface area (Å²) in [5.41, 5.74) is 6.77. The van der Waals surface area contributed by atoms with E-state index in [-0.39, 0.29) is 30.0 Å². The second-order valence-electron chi connectivity index (χ2n) is 6.03. The maximum Gasteiger partial charge on any atom is 0.270 e. The van der Waals surface area contributed by atoms with Crippen LogP contribution in [-0.2, 0) is 0 Å². The zero-order valence-corrected chi connectivity index (χ0v) is 14.1. The van der Waals surface area contributed by atoms with Gasteiger partial charge in [0.1, 0.15) is 0 Å². The minimum Gasteiger partial charge on any atom is -0.348 e. The lowest BCUT2D eigenvalue weighted by atomic mass is 9.84. The smallest absolute Gasteiger partial charge is 0.270 e. The number of halogens is 1. The Bertz CT molecular complexity index is 560. The molecule has 1 saturated carbocycles. The fourth-order valence-electron chi connectivity index (χ4n) is 3.16. The Morgan fingerprint density at radius 1 is 1.35 bits per heavy atom. The predicted octanol–water partition coefficient (Wildman–Crippen LogP) is 2.96. The largest absolute Gasteiger partial charge is 0.348 e. The van der Waals surface area contributed by atoms with Crippen LogP contribution in [0.15, 0.2) is 18.2 Å². The summed E-state index contributed by atoms with van der Waals surface area (Å²) in [6.07, 6.45) is 5.75. The molecule has 1 aromatic carbocycles. The van der Waals surface area contributed by atoms with Crippen molar-refractivity contribution in [3.8, 4) is 0 Å². The number of nitro groups is 1. The van der Waals surface area contributed by atoms with Crippen LogP contribution in [0.5, 0.6) is 0 Å². The monoisotopic (exact) mass is 341 g/mol. The molecular formula is C16H24ClN3O3. The molecule has 0 aliphatic heterocycles. The van der Waals surface area contributed by atoms with Gasteiger partial charge in [-0.15, -0.1) is 12.4 Å². The van der Waals surface area contributed by atoms with E-state index in [1.807, 2.05) is 0 Å². The van der Waals surface area contributed by atoms with Gasteiger partial charge in [0.05, 0.1) is 4.92 Å². The van der Waals surface area contributed by atoms with E-state index in [0.717, 1.165) is 12.8 Å². The molecule has 0 radical (unpaired) electrons. The Balaban J connectivity index is 0.00000264. The number of carbonyl (C=O) groups excluding carboxylic acids is 1. The number of nitrogens with one attached hydrogen (secondary N) is 1. The highest BCUT2D eigenvalue weighted by atomic mass is 35.5. The standard InChI is InChI=1S/C16H23N3O3.ClH/c1-11-7-13(9-14(8-11)19(21)22)16(20)18-15(10-17)12-5-3-2-4-6-12;/h7-9,12,15H,2-6,10,17H2,1H3,(H,18,20);1H. The van der Waals surface area contributed by atoms with Crippen LogP contribution in [0.25, 0.3) is 0 Å². The van der Waals surface area contributed by atoms with Crippen LogP contribution in [0.2, 0.25) is 0 Å². The van der Waals surface area contributed by atoms with E-state index in [1.165, 1.54) is 31.4 Å². The Kier molecular flexibility index (Phi) is 7.45. The molecule has 0 aromatic heterocycles. The maximum atomic E-state index is 12.4. The summed E-state index contributed by atoms with van der Waals surface area (Å²) in [5.74, 6) is 0.121. The molecule has 1 aliphatic rings.